The number of hydrogen-bond donors (Lipinski definition) is 1. The average Bonchev–Trinajstić information content (AvgIpc) is 3.04. The zero-order chi connectivity index (χ0) is 18.6. The second kappa shape index (κ2) is 5.84. The van der Waals surface area contributed by atoms with E-state index in [-0.39, 0.29) is 12.1 Å². The Morgan fingerprint density at radius 3 is 2.89 bits per heavy atom. The Balaban J connectivity index is 1.70. The molecule has 0 bridgehead atoms. The van der Waals surface area contributed by atoms with Crippen LogP contribution >= 0.6 is 11.6 Å². The molecule has 0 amide bonds. The summed E-state index contributed by atoms with van der Waals surface area (Å²) in [6, 6.07) is 8.13. The van der Waals surface area contributed by atoms with E-state index in [1.165, 1.54) is 0 Å². The lowest BCUT2D eigenvalue weighted by Crippen LogP contribution is -2.62. The first-order valence-corrected chi connectivity index (χ1v) is 9.42. The molecule has 1 aromatic carbocycles. The summed E-state index contributed by atoms with van der Waals surface area (Å²) in [7, 11) is 0. The molecule has 5 rings (SSSR count). The highest BCUT2D eigenvalue weighted by atomic mass is 35.5. The summed E-state index contributed by atoms with van der Waals surface area (Å²) < 4.78 is 18.2. The molecule has 140 valence electrons. The molecule has 4 heterocycles. The molecule has 1 aromatic heterocycles. The number of rotatable bonds is 1. The summed E-state index contributed by atoms with van der Waals surface area (Å²) in [5.74, 6) is 0.792. The molecule has 0 aliphatic carbocycles. The van der Waals surface area contributed by atoms with Crippen molar-refractivity contribution in [3.05, 3.63) is 47.2 Å². The monoisotopic (exact) mass is 385 g/mol. The van der Waals surface area contributed by atoms with Crippen LogP contribution in [0.25, 0.3) is 11.1 Å². The van der Waals surface area contributed by atoms with Crippen molar-refractivity contribution in [1.29, 1.82) is 0 Å². The molecule has 0 radical (unpaired) electrons. The first-order chi connectivity index (χ1) is 13.0. The minimum absolute atomic E-state index is 0.189. The third-order valence-corrected chi connectivity index (χ3v) is 5.87. The number of pyridine rings is 1. The summed E-state index contributed by atoms with van der Waals surface area (Å²) in [4.78, 5) is 8.92. The smallest absolute Gasteiger partial charge is 0.283 e. The second-order valence-electron chi connectivity index (χ2n) is 7.53. The Bertz CT molecular complexity index is 950. The third-order valence-electron chi connectivity index (χ3n) is 5.67. The maximum Gasteiger partial charge on any atom is 0.283 e. The predicted octanol–water partition coefficient (Wildman–Crippen LogP) is 3.27. The van der Waals surface area contributed by atoms with E-state index in [0.717, 1.165) is 35.3 Å². The van der Waals surface area contributed by atoms with Gasteiger partial charge in [-0.05, 0) is 43.5 Å². The average molecular weight is 386 g/mol. The Hall–Kier alpha value is -2.31. The van der Waals surface area contributed by atoms with Crippen LogP contribution in [0.2, 0.25) is 5.02 Å². The molecule has 2 aromatic rings. The molecule has 0 unspecified atom stereocenters. The number of ether oxygens (including phenoxy) is 3. The number of amidine groups is 1. The number of nitrogens with two attached hydrogens (primary N) is 1. The van der Waals surface area contributed by atoms with Crippen molar-refractivity contribution in [3.8, 4) is 16.9 Å². The van der Waals surface area contributed by atoms with Crippen molar-refractivity contribution in [2.45, 2.75) is 37.0 Å². The van der Waals surface area contributed by atoms with E-state index in [1.807, 2.05) is 18.2 Å². The lowest BCUT2D eigenvalue weighted by atomic mass is 9.72. The molecule has 0 saturated carbocycles. The van der Waals surface area contributed by atoms with Crippen molar-refractivity contribution < 1.29 is 14.2 Å². The largest absolute Gasteiger partial charge is 0.484 e. The first kappa shape index (κ1) is 16.8. The van der Waals surface area contributed by atoms with Gasteiger partial charge in [-0.1, -0.05) is 17.7 Å². The Kier molecular flexibility index (Phi) is 3.64. The van der Waals surface area contributed by atoms with Gasteiger partial charge in [-0.25, -0.2) is 4.99 Å². The van der Waals surface area contributed by atoms with E-state index >= 15 is 0 Å². The Morgan fingerprint density at radius 2 is 2.11 bits per heavy atom. The Labute approximate surface area is 162 Å². The van der Waals surface area contributed by atoms with E-state index in [0.29, 0.717) is 18.2 Å². The molecular weight excluding hydrogens is 366 g/mol. The van der Waals surface area contributed by atoms with Gasteiger partial charge < -0.3 is 19.9 Å². The maximum atomic E-state index is 6.43. The molecule has 3 atom stereocenters. The minimum Gasteiger partial charge on any atom is -0.484 e. The molecule has 27 heavy (non-hydrogen) atoms. The standard InChI is InChI=1S/C20H20ClN3O3/c1-19-5-2-6-25-17(19)20(11-26-18(22)24-20)15-8-12(3-4-16(15)27-19)13-7-14(21)10-23-9-13/h3-4,7-10,17H,2,5-6,11H2,1H3,(H2,22,24)/t17-,19-,20-/m0/s1. The van der Waals surface area contributed by atoms with Gasteiger partial charge in [0.25, 0.3) is 6.02 Å². The van der Waals surface area contributed by atoms with Gasteiger partial charge in [0.05, 0.1) is 5.02 Å². The number of nitrogens with zero attached hydrogens (tertiary/aromatic N) is 2. The van der Waals surface area contributed by atoms with Crippen LogP contribution in [0.5, 0.6) is 5.75 Å². The SMILES string of the molecule is C[C@]12CCCO[C@@H]1[C@]1(COC(N)=N1)c1cc(-c3cncc(Cl)c3)ccc1O2. The van der Waals surface area contributed by atoms with Crippen LogP contribution in [-0.2, 0) is 15.0 Å². The summed E-state index contributed by atoms with van der Waals surface area (Å²) in [5, 5.41) is 0.589. The van der Waals surface area contributed by atoms with Gasteiger partial charge in [-0.3, -0.25) is 4.98 Å². The fraction of sp³-hybridized carbons (Fsp3) is 0.400. The van der Waals surface area contributed by atoms with Crippen LogP contribution in [0, 0.1) is 0 Å². The lowest BCUT2D eigenvalue weighted by molar-refractivity contribution is -0.167. The third kappa shape index (κ3) is 2.51. The van der Waals surface area contributed by atoms with Crippen LogP contribution in [0.15, 0.2) is 41.7 Å². The van der Waals surface area contributed by atoms with Crippen LogP contribution in [0.1, 0.15) is 25.3 Å². The molecule has 7 heteroatoms. The van der Waals surface area contributed by atoms with Crippen LogP contribution in [0.4, 0.5) is 0 Å². The summed E-state index contributed by atoms with van der Waals surface area (Å²) in [6.45, 7) is 3.10. The number of halogens is 1. The quantitative estimate of drug-likeness (QED) is 0.815. The summed E-state index contributed by atoms with van der Waals surface area (Å²) in [6.07, 6.45) is 4.98. The topological polar surface area (TPSA) is 79.0 Å². The van der Waals surface area contributed by atoms with E-state index in [9.17, 15) is 0 Å². The molecule has 1 saturated heterocycles. The lowest BCUT2D eigenvalue weighted by Gasteiger charge is -2.51. The van der Waals surface area contributed by atoms with Crippen LogP contribution in [-0.4, -0.2) is 35.9 Å². The van der Waals surface area contributed by atoms with Crippen molar-refractivity contribution >= 4 is 17.6 Å². The Morgan fingerprint density at radius 1 is 1.22 bits per heavy atom. The second-order valence-corrected chi connectivity index (χ2v) is 7.97. The highest BCUT2D eigenvalue weighted by molar-refractivity contribution is 6.30. The molecule has 1 fully saturated rings. The fourth-order valence-corrected chi connectivity index (χ4v) is 4.67. The first-order valence-electron chi connectivity index (χ1n) is 9.04. The van der Waals surface area contributed by atoms with Gasteiger partial charge in [0, 0.05) is 30.1 Å². The van der Waals surface area contributed by atoms with Crippen molar-refractivity contribution in [2.24, 2.45) is 10.7 Å². The van der Waals surface area contributed by atoms with Crippen LogP contribution in [0.3, 0.4) is 0 Å². The van der Waals surface area contributed by atoms with Gasteiger partial charge >= 0.3 is 0 Å². The predicted molar refractivity (Wildman–Crippen MR) is 102 cm³/mol. The molecule has 3 aliphatic heterocycles. The van der Waals surface area contributed by atoms with Gasteiger partial charge in [-0.2, -0.15) is 0 Å². The van der Waals surface area contributed by atoms with E-state index in [4.69, 9.17) is 36.5 Å². The van der Waals surface area contributed by atoms with Gasteiger partial charge in [-0.15, -0.1) is 0 Å². The fourth-order valence-electron chi connectivity index (χ4n) is 4.50. The zero-order valence-corrected chi connectivity index (χ0v) is 15.7. The van der Waals surface area contributed by atoms with Crippen molar-refractivity contribution in [2.75, 3.05) is 13.2 Å². The zero-order valence-electron chi connectivity index (χ0n) is 14.9. The highest BCUT2D eigenvalue weighted by Gasteiger charge is 2.60. The van der Waals surface area contributed by atoms with Crippen molar-refractivity contribution in [1.82, 2.24) is 4.98 Å². The number of hydrogen-bond acceptors (Lipinski definition) is 6. The van der Waals surface area contributed by atoms with Crippen LogP contribution < -0.4 is 10.5 Å². The number of aliphatic imine (C=N–C) groups is 1. The van der Waals surface area contributed by atoms with Gasteiger partial charge in [0.1, 0.15) is 24.1 Å². The van der Waals surface area contributed by atoms with Gasteiger partial charge in [0.2, 0.25) is 0 Å². The molecule has 3 aliphatic rings. The van der Waals surface area contributed by atoms with Gasteiger partial charge in [0.15, 0.2) is 5.54 Å². The minimum atomic E-state index is -0.713. The molecule has 2 N–H and O–H groups in total. The molecule has 1 spiro atoms. The normalized spacial score (nSPS) is 31.5. The number of benzene rings is 1. The summed E-state index contributed by atoms with van der Waals surface area (Å²) >= 11 is 6.12. The number of aromatic nitrogens is 1. The molecular formula is C20H20ClN3O3. The van der Waals surface area contributed by atoms with E-state index in [1.54, 1.807) is 12.4 Å². The van der Waals surface area contributed by atoms with E-state index in [2.05, 4.69) is 18.0 Å². The maximum absolute atomic E-state index is 6.43. The van der Waals surface area contributed by atoms with Crippen molar-refractivity contribution in [3.63, 3.8) is 0 Å². The highest BCUT2D eigenvalue weighted by Crippen LogP contribution is 2.52. The summed E-state index contributed by atoms with van der Waals surface area (Å²) in [5.41, 5.74) is 7.58. The van der Waals surface area contributed by atoms with E-state index < -0.39 is 11.1 Å². The number of fused-ring (bicyclic) bond motifs is 4. The molecule has 6 nitrogen and oxygen atoms in total.